The molecular formula is C6H7N3O3. The number of imide groups is 1. The van der Waals surface area contributed by atoms with E-state index in [4.69, 9.17) is 5.84 Å². The van der Waals surface area contributed by atoms with Gasteiger partial charge in [-0.15, -0.1) is 0 Å². The number of amides is 3. The van der Waals surface area contributed by atoms with E-state index in [1.807, 2.05) is 5.43 Å². The van der Waals surface area contributed by atoms with Gasteiger partial charge < -0.3 is 0 Å². The first kappa shape index (κ1) is 8.41. The molecule has 1 rings (SSSR count). The monoisotopic (exact) mass is 169 g/mol. The zero-order valence-corrected chi connectivity index (χ0v) is 6.11. The van der Waals surface area contributed by atoms with E-state index in [1.165, 1.54) is 0 Å². The summed E-state index contributed by atoms with van der Waals surface area (Å²) in [6.07, 6.45) is 2.21. The molecule has 0 aliphatic carbocycles. The fourth-order valence-electron chi connectivity index (χ4n) is 0.776. The van der Waals surface area contributed by atoms with Crippen molar-refractivity contribution in [3.05, 3.63) is 12.2 Å². The first-order valence-corrected chi connectivity index (χ1v) is 3.18. The molecule has 12 heavy (non-hydrogen) atoms. The Labute approximate surface area is 68.0 Å². The van der Waals surface area contributed by atoms with Crippen molar-refractivity contribution in [2.75, 3.05) is 6.54 Å². The third kappa shape index (κ3) is 1.48. The SMILES string of the molecule is NNC(=O)CN1C(=O)C=CC1=O. The predicted octanol–water partition coefficient (Wildman–Crippen LogP) is -2.10. The topological polar surface area (TPSA) is 92.5 Å². The van der Waals surface area contributed by atoms with Crippen LogP contribution in [0.5, 0.6) is 0 Å². The molecule has 6 nitrogen and oxygen atoms in total. The summed E-state index contributed by atoms with van der Waals surface area (Å²) < 4.78 is 0. The quantitative estimate of drug-likeness (QED) is 0.214. The molecule has 3 amide bonds. The standard InChI is InChI=1S/C6H7N3O3/c7-8-4(10)3-9-5(11)1-2-6(9)12/h1-2H,3,7H2,(H,8,10). The van der Waals surface area contributed by atoms with Gasteiger partial charge in [-0.25, -0.2) is 5.84 Å². The Morgan fingerprint density at radius 1 is 1.42 bits per heavy atom. The van der Waals surface area contributed by atoms with Crippen LogP contribution in [-0.4, -0.2) is 29.2 Å². The minimum atomic E-state index is -0.583. The number of nitrogens with zero attached hydrogens (tertiary/aromatic N) is 1. The van der Waals surface area contributed by atoms with E-state index in [1.54, 1.807) is 0 Å². The summed E-state index contributed by atoms with van der Waals surface area (Å²) in [7, 11) is 0. The number of hydrogen-bond donors (Lipinski definition) is 2. The largest absolute Gasteiger partial charge is 0.293 e. The summed E-state index contributed by atoms with van der Waals surface area (Å²) in [5, 5.41) is 0. The van der Waals surface area contributed by atoms with Crippen molar-refractivity contribution < 1.29 is 14.4 Å². The van der Waals surface area contributed by atoms with Crippen LogP contribution in [0.4, 0.5) is 0 Å². The first-order chi connectivity index (χ1) is 5.65. The minimum absolute atomic E-state index is 0.332. The van der Waals surface area contributed by atoms with Gasteiger partial charge in [0.25, 0.3) is 17.7 Å². The Bertz CT molecular complexity index is 253. The third-order valence-corrected chi connectivity index (χ3v) is 1.36. The molecule has 0 fully saturated rings. The number of hydrazine groups is 1. The van der Waals surface area contributed by atoms with Gasteiger partial charge in [0.15, 0.2) is 0 Å². The van der Waals surface area contributed by atoms with Gasteiger partial charge in [0, 0.05) is 12.2 Å². The summed E-state index contributed by atoms with van der Waals surface area (Å²) in [6.45, 7) is -0.332. The molecule has 0 aromatic rings. The van der Waals surface area contributed by atoms with E-state index in [0.717, 1.165) is 17.1 Å². The van der Waals surface area contributed by atoms with E-state index < -0.39 is 17.7 Å². The lowest BCUT2D eigenvalue weighted by Crippen LogP contribution is -2.42. The zero-order valence-electron chi connectivity index (χ0n) is 6.11. The Morgan fingerprint density at radius 2 is 1.92 bits per heavy atom. The molecule has 0 atom stereocenters. The Balaban J connectivity index is 2.59. The van der Waals surface area contributed by atoms with Crippen molar-refractivity contribution in [2.45, 2.75) is 0 Å². The summed E-state index contributed by atoms with van der Waals surface area (Å²) in [5.74, 6) is 3.20. The minimum Gasteiger partial charge on any atom is -0.293 e. The second-order valence-corrected chi connectivity index (χ2v) is 2.16. The second-order valence-electron chi connectivity index (χ2n) is 2.16. The van der Waals surface area contributed by atoms with Gasteiger partial charge in [-0.05, 0) is 0 Å². The Morgan fingerprint density at radius 3 is 2.33 bits per heavy atom. The lowest BCUT2D eigenvalue weighted by Gasteiger charge is -2.11. The van der Waals surface area contributed by atoms with Crippen molar-refractivity contribution in [3.8, 4) is 0 Å². The highest BCUT2D eigenvalue weighted by atomic mass is 16.2. The van der Waals surface area contributed by atoms with Crippen molar-refractivity contribution in [1.29, 1.82) is 0 Å². The molecule has 1 heterocycles. The van der Waals surface area contributed by atoms with Gasteiger partial charge in [-0.3, -0.25) is 24.7 Å². The number of carbonyl (C=O) groups excluding carboxylic acids is 3. The van der Waals surface area contributed by atoms with Gasteiger partial charge in [0.05, 0.1) is 0 Å². The maximum absolute atomic E-state index is 10.8. The zero-order chi connectivity index (χ0) is 9.14. The van der Waals surface area contributed by atoms with Gasteiger partial charge in [-0.2, -0.15) is 0 Å². The lowest BCUT2D eigenvalue weighted by molar-refractivity contribution is -0.141. The van der Waals surface area contributed by atoms with E-state index in [9.17, 15) is 14.4 Å². The molecule has 0 bridgehead atoms. The Hall–Kier alpha value is -1.69. The van der Waals surface area contributed by atoms with Gasteiger partial charge in [0.2, 0.25) is 0 Å². The number of nitrogens with one attached hydrogen (secondary N) is 1. The smallest absolute Gasteiger partial charge is 0.254 e. The molecule has 0 aromatic heterocycles. The highest BCUT2D eigenvalue weighted by Crippen LogP contribution is 2.01. The van der Waals surface area contributed by atoms with E-state index >= 15 is 0 Å². The number of carbonyl (C=O) groups is 3. The maximum atomic E-state index is 10.8. The van der Waals surface area contributed by atoms with Gasteiger partial charge in [0.1, 0.15) is 6.54 Å². The summed E-state index contributed by atoms with van der Waals surface area (Å²) in [4.78, 5) is 33.1. The average molecular weight is 169 g/mol. The van der Waals surface area contributed by atoms with Crippen LogP contribution in [0, 0.1) is 0 Å². The Kier molecular flexibility index (Phi) is 2.20. The van der Waals surface area contributed by atoms with Crippen molar-refractivity contribution >= 4 is 17.7 Å². The molecule has 0 radical (unpaired) electrons. The van der Waals surface area contributed by atoms with Crippen LogP contribution in [-0.2, 0) is 14.4 Å². The number of hydrogen-bond acceptors (Lipinski definition) is 4. The normalized spacial score (nSPS) is 15.6. The molecule has 6 heteroatoms. The van der Waals surface area contributed by atoms with Crippen LogP contribution in [0.1, 0.15) is 0 Å². The number of nitrogens with two attached hydrogens (primary N) is 1. The lowest BCUT2D eigenvalue weighted by atomic mass is 10.5. The molecule has 64 valence electrons. The summed E-state index contributed by atoms with van der Waals surface area (Å²) >= 11 is 0. The molecule has 1 aliphatic heterocycles. The van der Waals surface area contributed by atoms with Crippen LogP contribution < -0.4 is 11.3 Å². The van der Waals surface area contributed by atoms with Crippen LogP contribution in [0.25, 0.3) is 0 Å². The van der Waals surface area contributed by atoms with E-state index in [2.05, 4.69) is 0 Å². The molecule has 0 saturated carbocycles. The van der Waals surface area contributed by atoms with E-state index in [0.29, 0.717) is 0 Å². The first-order valence-electron chi connectivity index (χ1n) is 3.18. The molecule has 1 aliphatic rings. The third-order valence-electron chi connectivity index (χ3n) is 1.36. The number of rotatable bonds is 2. The molecule has 0 unspecified atom stereocenters. The highest BCUT2D eigenvalue weighted by molar-refractivity contribution is 6.14. The maximum Gasteiger partial charge on any atom is 0.254 e. The molecule has 3 N–H and O–H groups in total. The van der Waals surface area contributed by atoms with Gasteiger partial charge >= 0.3 is 0 Å². The fourth-order valence-corrected chi connectivity index (χ4v) is 0.776. The van der Waals surface area contributed by atoms with Crippen molar-refractivity contribution in [2.24, 2.45) is 5.84 Å². The van der Waals surface area contributed by atoms with E-state index in [-0.39, 0.29) is 6.54 Å². The summed E-state index contributed by atoms with van der Waals surface area (Å²) in [6, 6.07) is 0. The molecule has 0 spiro atoms. The van der Waals surface area contributed by atoms with Crippen molar-refractivity contribution in [3.63, 3.8) is 0 Å². The fraction of sp³-hybridized carbons (Fsp3) is 0.167. The highest BCUT2D eigenvalue weighted by Gasteiger charge is 2.24. The van der Waals surface area contributed by atoms with Crippen LogP contribution >= 0.6 is 0 Å². The van der Waals surface area contributed by atoms with Crippen LogP contribution in [0.2, 0.25) is 0 Å². The van der Waals surface area contributed by atoms with Gasteiger partial charge in [-0.1, -0.05) is 0 Å². The predicted molar refractivity (Wildman–Crippen MR) is 38.2 cm³/mol. The second kappa shape index (κ2) is 3.14. The van der Waals surface area contributed by atoms with Crippen LogP contribution in [0.3, 0.4) is 0 Å². The van der Waals surface area contributed by atoms with Crippen LogP contribution in [0.15, 0.2) is 12.2 Å². The molecular weight excluding hydrogens is 162 g/mol. The summed E-state index contributed by atoms with van der Waals surface area (Å²) in [5.41, 5.74) is 1.82. The molecule has 0 aromatic carbocycles. The van der Waals surface area contributed by atoms with Crippen molar-refractivity contribution in [1.82, 2.24) is 10.3 Å². The molecule has 0 saturated heterocycles. The average Bonchev–Trinajstić information content (AvgIpc) is 2.35.